The fourth-order valence-corrected chi connectivity index (χ4v) is 4.27. The van der Waals surface area contributed by atoms with Crippen molar-refractivity contribution in [3.63, 3.8) is 0 Å². The van der Waals surface area contributed by atoms with E-state index in [1.807, 2.05) is 0 Å². The van der Waals surface area contributed by atoms with Gasteiger partial charge >= 0.3 is 0 Å². The van der Waals surface area contributed by atoms with Crippen molar-refractivity contribution in [3.05, 3.63) is 27.7 Å². The Morgan fingerprint density at radius 3 is 2.70 bits per heavy atom. The Morgan fingerprint density at radius 2 is 2.10 bits per heavy atom. The van der Waals surface area contributed by atoms with Gasteiger partial charge < -0.3 is 10.4 Å². The van der Waals surface area contributed by atoms with Gasteiger partial charge in [0.05, 0.1) is 22.1 Å². The molecule has 110 valence electrons. The monoisotopic (exact) mass is 337 g/mol. The fraction of sp³-hybridized carbons (Fsp3) is 0.417. The van der Waals surface area contributed by atoms with E-state index in [4.69, 9.17) is 23.2 Å². The average Bonchev–Trinajstić information content (AvgIpc) is 2.73. The van der Waals surface area contributed by atoms with Crippen molar-refractivity contribution >= 4 is 38.9 Å². The van der Waals surface area contributed by atoms with Crippen LogP contribution in [-0.2, 0) is 9.84 Å². The van der Waals surface area contributed by atoms with Crippen LogP contribution >= 0.6 is 23.2 Å². The predicted molar refractivity (Wildman–Crippen MR) is 77.2 cm³/mol. The van der Waals surface area contributed by atoms with E-state index >= 15 is 0 Å². The maximum absolute atomic E-state index is 11.9. The van der Waals surface area contributed by atoms with Crippen LogP contribution in [0.4, 0.5) is 0 Å². The molecular weight excluding hydrogens is 325 g/mol. The third-order valence-corrected chi connectivity index (χ3v) is 5.82. The normalized spacial score (nSPS) is 20.8. The number of sulfone groups is 1. The minimum Gasteiger partial charge on any atom is -0.505 e. The lowest BCUT2D eigenvalue weighted by Crippen LogP contribution is -2.29. The van der Waals surface area contributed by atoms with Gasteiger partial charge in [-0.15, -0.1) is 0 Å². The molecule has 1 fully saturated rings. The van der Waals surface area contributed by atoms with Crippen LogP contribution in [0.2, 0.25) is 10.0 Å². The van der Waals surface area contributed by atoms with E-state index in [-0.39, 0.29) is 45.3 Å². The molecule has 0 aliphatic carbocycles. The number of nitrogens with one attached hydrogen (secondary N) is 1. The van der Waals surface area contributed by atoms with Crippen molar-refractivity contribution in [2.24, 2.45) is 5.92 Å². The van der Waals surface area contributed by atoms with E-state index in [0.29, 0.717) is 6.42 Å². The van der Waals surface area contributed by atoms with E-state index < -0.39 is 15.7 Å². The van der Waals surface area contributed by atoms with Gasteiger partial charge in [0, 0.05) is 6.54 Å². The number of hydrogen-bond donors (Lipinski definition) is 2. The second-order valence-corrected chi connectivity index (χ2v) is 7.75. The molecule has 5 nitrogen and oxygen atoms in total. The molecule has 1 saturated heterocycles. The number of phenols is 1. The summed E-state index contributed by atoms with van der Waals surface area (Å²) in [7, 11) is -2.97. The van der Waals surface area contributed by atoms with Crippen LogP contribution in [0, 0.1) is 5.92 Å². The highest BCUT2D eigenvalue weighted by molar-refractivity contribution is 7.91. The van der Waals surface area contributed by atoms with Crippen molar-refractivity contribution in [1.29, 1.82) is 0 Å². The van der Waals surface area contributed by atoms with Gasteiger partial charge in [-0.25, -0.2) is 8.42 Å². The Balaban J connectivity index is 2.01. The summed E-state index contributed by atoms with van der Waals surface area (Å²) in [5, 5.41) is 12.4. The number of benzene rings is 1. The Hall–Kier alpha value is -0.980. The summed E-state index contributed by atoms with van der Waals surface area (Å²) in [4.78, 5) is 11.9. The van der Waals surface area contributed by atoms with Crippen molar-refractivity contribution < 1.29 is 18.3 Å². The minimum atomic E-state index is -2.97. The highest BCUT2D eigenvalue weighted by Crippen LogP contribution is 2.34. The molecule has 1 atom stereocenters. The molecule has 0 radical (unpaired) electrons. The molecule has 20 heavy (non-hydrogen) atoms. The molecule has 0 aromatic heterocycles. The summed E-state index contributed by atoms with van der Waals surface area (Å²) in [6.45, 7) is 0.248. The number of carbonyl (C=O) groups excluding carboxylic acids is 1. The average molecular weight is 338 g/mol. The van der Waals surface area contributed by atoms with Gasteiger partial charge in [0.2, 0.25) is 0 Å². The minimum absolute atomic E-state index is 0.0141. The van der Waals surface area contributed by atoms with Gasteiger partial charge in [-0.05, 0) is 24.5 Å². The standard InChI is InChI=1S/C12H13Cl2NO4S/c13-9-2-1-8(11(16)10(9)14)12(17)15-5-7-3-4-20(18,19)6-7/h1-2,7,16H,3-6H2,(H,15,17)/t7-/m0/s1. The number of aromatic hydroxyl groups is 1. The number of phenolic OH excluding ortho intramolecular Hbond substituents is 1. The van der Waals surface area contributed by atoms with Gasteiger partial charge in [0.1, 0.15) is 10.8 Å². The van der Waals surface area contributed by atoms with E-state index in [1.165, 1.54) is 12.1 Å². The van der Waals surface area contributed by atoms with Crippen LogP contribution in [-0.4, -0.2) is 37.5 Å². The summed E-state index contributed by atoms with van der Waals surface area (Å²) in [6, 6.07) is 2.78. The molecule has 1 aromatic rings. The highest BCUT2D eigenvalue weighted by atomic mass is 35.5. The summed E-state index contributed by atoms with van der Waals surface area (Å²) >= 11 is 11.5. The van der Waals surface area contributed by atoms with Crippen LogP contribution in [0.25, 0.3) is 0 Å². The summed E-state index contributed by atoms with van der Waals surface area (Å²) in [5.74, 6) is -0.735. The predicted octanol–water partition coefficient (Wildman–Crippen LogP) is 1.86. The van der Waals surface area contributed by atoms with Crippen molar-refractivity contribution in [3.8, 4) is 5.75 Å². The Kier molecular flexibility index (Phi) is 4.46. The zero-order chi connectivity index (χ0) is 14.9. The lowest BCUT2D eigenvalue weighted by Gasteiger charge is -2.11. The first-order chi connectivity index (χ1) is 9.30. The molecule has 0 spiro atoms. The van der Waals surface area contributed by atoms with E-state index in [0.717, 1.165) is 0 Å². The topological polar surface area (TPSA) is 83.5 Å². The second-order valence-electron chi connectivity index (χ2n) is 4.74. The Bertz CT molecular complexity index is 645. The Morgan fingerprint density at radius 1 is 1.40 bits per heavy atom. The van der Waals surface area contributed by atoms with Gasteiger partial charge in [-0.2, -0.15) is 0 Å². The molecule has 1 aliphatic rings. The van der Waals surface area contributed by atoms with Crippen LogP contribution in [0.15, 0.2) is 12.1 Å². The number of rotatable bonds is 3. The molecule has 1 aliphatic heterocycles. The lowest BCUT2D eigenvalue weighted by atomic mass is 10.1. The second kappa shape index (κ2) is 5.79. The molecule has 1 heterocycles. The highest BCUT2D eigenvalue weighted by Gasteiger charge is 2.28. The number of carbonyl (C=O) groups is 1. The van der Waals surface area contributed by atoms with Crippen LogP contribution in [0.3, 0.4) is 0 Å². The van der Waals surface area contributed by atoms with Gasteiger partial charge in [0.25, 0.3) is 5.91 Å². The molecule has 2 N–H and O–H groups in total. The number of hydrogen-bond acceptors (Lipinski definition) is 4. The first kappa shape index (κ1) is 15.4. The van der Waals surface area contributed by atoms with Crippen molar-refractivity contribution in [2.45, 2.75) is 6.42 Å². The van der Waals surface area contributed by atoms with Crippen LogP contribution < -0.4 is 5.32 Å². The fourth-order valence-electron chi connectivity index (χ4n) is 2.09. The maximum atomic E-state index is 11.9. The number of amides is 1. The first-order valence-corrected chi connectivity index (χ1v) is 8.53. The van der Waals surface area contributed by atoms with E-state index in [9.17, 15) is 18.3 Å². The first-order valence-electron chi connectivity index (χ1n) is 5.96. The Labute approximate surface area is 126 Å². The molecular formula is C12H13Cl2NO4S. The van der Waals surface area contributed by atoms with Gasteiger partial charge in [0.15, 0.2) is 9.84 Å². The molecule has 1 amide bonds. The van der Waals surface area contributed by atoms with Gasteiger partial charge in [-0.3, -0.25) is 4.79 Å². The lowest BCUT2D eigenvalue weighted by molar-refractivity contribution is 0.0946. The third kappa shape index (κ3) is 3.37. The molecule has 0 bridgehead atoms. The van der Waals surface area contributed by atoms with Crippen LogP contribution in [0.5, 0.6) is 5.75 Å². The molecule has 1 aromatic carbocycles. The van der Waals surface area contributed by atoms with Crippen molar-refractivity contribution in [1.82, 2.24) is 5.32 Å². The summed E-state index contributed by atoms with van der Waals surface area (Å²) < 4.78 is 22.6. The molecule has 2 rings (SSSR count). The van der Waals surface area contributed by atoms with Crippen molar-refractivity contribution in [2.75, 3.05) is 18.1 Å². The number of halogens is 2. The summed E-state index contributed by atoms with van der Waals surface area (Å²) in [6.07, 6.45) is 0.538. The smallest absolute Gasteiger partial charge is 0.255 e. The summed E-state index contributed by atoms with van der Waals surface area (Å²) in [5.41, 5.74) is 0.0141. The zero-order valence-electron chi connectivity index (χ0n) is 10.4. The quantitative estimate of drug-likeness (QED) is 0.881. The van der Waals surface area contributed by atoms with Gasteiger partial charge in [-0.1, -0.05) is 23.2 Å². The maximum Gasteiger partial charge on any atom is 0.255 e. The van der Waals surface area contributed by atoms with E-state index in [1.54, 1.807) is 0 Å². The van der Waals surface area contributed by atoms with Crippen LogP contribution in [0.1, 0.15) is 16.8 Å². The largest absolute Gasteiger partial charge is 0.505 e. The molecule has 0 unspecified atom stereocenters. The molecule has 0 saturated carbocycles. The SMILES string of the molecule is O=C(NC[C@@H]1CCS(=O)(=O)C1)c1ccc(Cl)c(Cl)c1O. The molecule has 8 heteroatoms. The zero-order valence-corrected chi connectivity index (χ0v) is 12.7. The third-order valence-electron chi connectivity index (χ3n) is 3.19. The van der Waals surface area contributed by atoms with E-state index in [2.05, 4.69) is 5.32 Å².